The molecule has 0 amide bonds. The molecule has 0 spiro atoms. The average Bonchev–Trinajstić information content (AvgIpc) is 2.56. The van der Waals surface area contributed by atoms with Gasteiger partial charge in [-0.1, -0.05) is 60.4 Å². The Morgan fingerprint density at radius 2 is 1.86 bits per heavy atom. The number of benzene rings is 2. The van der Waals surface area contributed by atoms with E-state index in [-0.39, 0.29) is 5.41 Å². The van der Waals surface area contributed by atoms with Crippen molar-refractivity contribution < 1.29 is 5.48 Å². The Morgan fingerprint density at radius 1 is 1.14 bits per heavy atom. The minimum Gasteiger partial charge on any atom is -0.298 e. The summed E-state index contributed by atoms with van der Waals surface area (Å²) in [5.74, 6) is 5.85. The molecule has 2 aromatic carbocycles. The molecule has 0 aliphatic rings. The van der Waals surface area contributed by atoms with Crippen LogP contribution in [0.25, 0.3) is 10.8 Å². The van der Waals surface area contributed by atoms with Gasteiger partial charge in [0.1, 0.15) is 0 Å². The van der Waals surface area contributed by atoms with Crippen LogP contribution in [-0.2, 0) is 6.50 Å². The Bertz CT molecular complexity index is 861. The fraction of sp³-hybridized carbons (Fsp3) is 0.333. The number of hydrogen-bond acceptors (Lipinski definition) is 1. The molecule has 0 aromatic heterocycles. The van der Waals surface area contributed by atoms with Crippen molar-refractivity contribution in [2.75, 3.05) is 13.5 Å². The molecule has 114 valence electrons. The molecule has 0 radical (unpaired) electrons. The van der Waals surface area contributed by atoms with Gasteiger partial charge >= 0.3 is 0 Å². The predicted octanol–water partition coefficient (Wildman–Crippen LogP) is 4.88. The highest BCUT2D eigenvalue weighted by Gasteiger charge is 2.03. The molecule has 2 rings (SSSR count). The van der Waals surface area contributed by atoms with Crippen molar-refractivity contribution in [1.29, 1.82) is 0 Å². The number of nitrogens with zero attached hydrogens (tertiary/aromatic N) is 1. The summed E-state index contributed by atoms with van der Waals surface area (Å²) >= 11 is 0. The standard InChI is InChI=1S/C21H25N/c1-21(2,3)15-8-5-9-16-22(4)17-19-13-10-12-18-11-6-7-14-20(18)19/h5-7,9-14H,16-17H2,1-4H3/i16D2,17D2. The zero-order valence-electron chi connectivity index (χ0n) is 17.6. The Kier molecular flexibility index (Phi) is 3.82. The molecule has 2 aromatic rings. The van der Waals surface area contributed by atoms with E-state index in [1.165, 1.54) is 19.2 Å². The fourth-order valence-electron chi connectivity index (χ4n) is 1.98. The van der Waals surface area contributed by atoms with Crippen LogP contribution in [0, 0.1) is 17.3 Å². The lowest BCUT2D eigenvalue weighted by molar-refractivity contribution is 0.365. The van der Waals surface area contributed by atoms with Crippen LogP contribution >= 0.6 is 0 Å². The third kappa shape index (κ3) is 5.06. The van der Waals surface area contributed by atoms with E-state index in [0.29, 0.717) is 5.56 Å². The van der Waals surface area contributed by atoms with Crippen LogP contribution in [0.15, 0.2) is 54.6 Å². The second-order valence-corrected chi connectivity index (χ2v) is 6.18. The van der Waals surface area contributed by atoms with E-state index in [0.717, 1.165) is 15.7 Å². The molecule has 0 N–H and O–H groups in total. The lowest BCUT2D eigenvalue weighted by Crippen LogP contribution is -2.17. The molecule has 1 nitrogen and oxygen atoms in total. The third-order valence-corrected chi connectivity index (χ3v) is 2.96. The summed E-state index contributed by atoms with van der Waals surface area (Å²) in [6.07, 6.45) is 2.76. The summed E-state index contributed by atoms with van der Waals surface area (Å²) in [7, 11) is 1.45. The van der Waals surface area contributed by atoms with E-state index in [9.17, 15) is 0 Å². The van der Waals surface area contributed by atoms with Crippen LogP contribution in [0.2, 0.25) is 0 Å². The van der Waals surface area contributed by atoms with Gasteiger partial charge < -0.3 is 0 Å². The second-order valence-electron chi connectivity index (χ2n) is 6.18. The maximum absolute atomic E-state index is 8.57. The van der Waals surface area contributed by atoms with Crippen molar-refractivity contribution in [1.82, 2.24) is 4.90 Å². The van der Waals surface area contributed by atoms with Crippen molar-refractivity contribution in [2.45, 2.75) is 27.3 Å². The number of allylic oxidation sites excluding steroid dienone is 1. The highest BCUT2D eigenvalue weighted by Crippen LogP contribution is 2.19. The smallest absolute Gasteiger partial charge is 0.0481 e. The summed E-state index contributed by atoms with van der Waals surface area (Å²) < 4.78 is 33.7. The maximum Gasteiger partial charge on any atom is 0.0481 e. The first kappa shape index (κ1) is 11.5. The number of likely N-dealkylation sites (N-methyl/N-ethyl adjacent to an activating group) is 1. The van der Waals surface area contributed by atoms with Crippen molar-refractivity contribution in [2.24, 2.45) is 5.41 Å². The number of hydrogen-bond donors (Lipinski definition) is 0. The molecule has 0 saturated carbocycles. The van der Waals surface area contributed by atoms with Gasteiger partial charge in [0, 0.05) is 23.9 Å². The quantitative estimate of drug-likeness (QED) is 0.727. The third-order valence-electron chi connectivity index (χ3n) is 2.96. The normalized spacial score (nSPS) is 15.9. The molecule has 0 saturated heterocycles. The van der Waals surface area contributed by atoms with E-state index >= 15 is 0 Å². The van der Waals surface area contributed by atoms with Gasteiger partial charge in [-0.25, -0.2) is 0 Å². The van der Waals surface area contributed by atoms with E-state index in [4.69, 9.17) is 5.48 Å². The van der Waals surface area contributed by atoms with Gasteiger partial charge in [-0.2, -0.15) is 0 Å². The first-order valence-electron chi connectivity index (χ1n) is 9.38. The van der Waals surface area contributed by atoms with Crippen molar-refractivity contribution in [3.63, 3.8) is 0 Å². The largest absolute Gasteiger partial charge is 0.298 e. The Balaban J connectivity index is 2.37. The van der Waals surface area contributed by atoms with Gasteiger partial charge in [0.2, 0.25) is 0 Å². The number of rotatable bonds is 4. The molecular formula is C21H25N. The highest BCUT2D eigenvalue weighted by atomic mass is 15.1. The summed E-state index contributed by atoms with van der Waals surface area (Å²) in [5, 5.41) is 1.70. The Labute approximate surface area is 140 Å². The molecule has 1 heteroatoms. The summed E-state index contributed by atoms with van der Waals surface area (Å²) in [4.78, 5) is 1.09. The average molecular weight is 295 g/mol. The molecular weight excluding hydrogens is 266 g/mol. The van der Waals surface area contributed by atoms with Gasteiger partial charge in [0.15, 0.2) is 0 Å². The lowest BCUT2D eigenvalue weighted by Gasteiger charge is -2.15. The lowest BCUT2D eigenvalue weighted by atomic mass is 9.98. The second kappa shape index (κ2) is 7.29. The summed E-state index contributed by atoms with van der Waals surface area (Å²) in [6, 6.07) is 13.0. The van der Waals surface area contributed by atoms with Gasteiger partial charge in [-0.3, -0.25) is 4.90 Å². The van der Waals surface area contributed by atoms with Crippen molar-refractivity contribution in [3.8, 4) is 11.8 Å². The monoisotopic (exact) mass is 295 g/mol. The van der Waals surface area contributed by atoms with Crippen molar-refractivity contribution >= 4 is 10.8 Å². The summed E-state index contributed by atoms with van der Waals surface area (Å²) in [5.41, 5.74) is 0.275. The van der Waals surface area contributed by atoms with Crippen molar-refractivity contribution in [3.05, 3.63) is 60.2 Å². The van der Waals surface area contributed by atoms with Crippen LogP contribution in [0.5, 0.6) is 0 Å². The first-order valence-corrected chi connectivity index (χ1v) is 7.38. The Hall–Kier alpha value is -2.04. The van der Waals surface area contributed by atoms with E-state index < -0.39 is 13.0 Å². The van der Waals surface area contributed by atoms with Gasteiger partial charge in [-0.15, -0.1) is 0 Å². The topological polar surface area (TPSA) is 3.24 Å². The van der Waals surface area contributed by atoms with Gasteiger partial charge in [0.05, 0.1) is 0 Å². The molecule has 0 aliphatic carbocycles. The molecule has 0 heterocycles. The molecule has 0 atom stereocenters. The van der Waals surface area contributed by atoms with Crippen LogP contribution in [-0.4, -0.2) is 18.4 Å². The van der Waals surface area contributed by atoms with Crippen LogP contribution in [0.4, 0.5) is 0 Å². The van der Waals surface area contributed by atoms with E-state index in [2.05, 4.69) is 11.8 Å². The SMILES string of the molecule is [2H]C([2H])(C=CC#CC(C)(C)C)N(C)C([2H])([2H])c1cccc2ccccc12. The molecule has 22 heavy (non-hydrogen) atoms. The molecule has 0 unspecified atom stereocenters. The minimum atomic E-state index is -1.99. The van der Waals surface area contributed by atoms with Crippen LogP contribution in [0.1, 0.15) is 31.8 Å². The zero-order chi connectivity index (χ0) is 19.6. The van der Waals surface area contributed by atoms with Crippen LogP contribution in [0.3, 0.4) is 0 Å². The van der Waals surface area contributed by atoms with E-state index in [1.54, 1.807) is 12.1 Å². The summed E-state index contributed by atoms with van der Waals surface area (Å²) in [6.45, 7) is 1.95. The fourth-order valence-corrected chi connectivity index (χ4v) is 1.98. The Morgan fingerprint density at radius 3 is 2.64 bits per heavy atom. The van der Waals surface area contributed by atoms with E-state index in [1.807, 2.05) is 51.1 Å². The van der Waals surface area contributed by atoms with Gasteiger partial charge in [0.25, 0.3) is 0 Å². The molecule has 0 bridgehead atoms. The predicted molar refractivity (Wildman–Crippen MR) is 96.7 cm³/mol. The highest BCUT2D eigenvalue weighted by molar-refractivity contribution is 5.85. The van der Waals surface area contributed by atoms with Gasteiger partial charge in [-0.05, 0) is 50.2 Å². The first-order chi connectivity index (χ1) is 12.0. The number of fused-ring (bicyclic) bond motifs is 1. The molecule has 0 fully saturated rings. The minimum absolute atomic E-state index is 0.166. The zero-order valence-corrected chi connectivity index (χ0v) is 13.6. The maximum atomic E-state index is 8.57. The molecule has 0 aliphatic heterocycles. The van der Waals surface area contributed by atoms with Crippen LogP contribution < -0.4 is 0 Å².